The van der Waals surface area contributed by atoms with Crippen molar-refractivity contribution >= 4 is 10.1 Å². The average Bonchev–Trinajstić information content (AvgIpc) is 2.38. The molecular formula is C13H20O6S. The van der Waals surface area contributed by atoms with Crippen molar-refractivity contribution < 1.29 is 27.2 Å². The monoisotopic (exact) mass is 304 g/mol. The van der Waals surface area contributed by atoms with Gasteiger partial charge in [0, 0.05) is 0 Å². The minimum absolute atomic E-state index is 0.0617. The number of benzene rings is 1. The molecule has 1 atom stereocenters. The summed E-state index contributed by atoms with van der Waals surface area (Å²) in [5.41, 5.74) is 0.967. The van der Waals surface area contributed by atoms with Gasteiger partial charge in [-0.3, -0.25) is 0 Å². The highest BCUT2D eigenvalue weighted by Crippen LogP contribution is 2.15. The van der Waals surface area contributed by atoms with Crippen LogP contribution in [0.1, 0.15) is 12.5 Å². The molecule has 6 nitrogen and oxygen atoms in total. The van der Waals surface area contributed by atoms with Crippen molar-refractivity contribution in [3.8, 4) is 0 Å². The first-order chi connectivity index (χ1) is 9.45. The van der Waals surface area contributed by atoms with Crippen LogP contribution in [0.15, 0.2) is 29.2 Å². The van der Waals surface area contributed by atoms with Gasteiger partial charge in [0.1, 0.15) is 0 Å². The Bertz CT molecular complexity index is 482. The highest BCUT2D eigenvalue weighted by atomic mass is 32.2. The van der Waals surface area contributed by atoms with Crippen molar-refractivity contribution in [1.82, 2.24) is 0 Å². The third kappa shape index (κ3) is 5.98. The van der Waals surface area contributed by atoms with E-state index in [-0.39, 0.29) is 31.3 Å². The fourth-order valence-corrected chi connectivity index (χ4v) is 2.40. The van der Waals surface area contributed by atoms with Crippen molar-refractivity contribution in [2.75, 3.05) is 26.4 Å². The molecule has 1 aromatic carbocycles. The summed E-state index contributed by atoms with van der Waals surface area (Å²) in [6.07, 6.45) is -0.904. The minimum atomic E-state index is -3.83. The van der Waals surface area contributed by atoms with E-state index in [0.29, 0.717) is 0 Å². The highest BCUT2D eigenvalue weighted by Gasteiger charge is 2.19. The molecule has 7 heteroatoms. The molecule has 0 fully saturated rings. The van der Waals surface area contributed by atoms with E-state index in [4.69, 9.17) is 18.8 Å². The van der Waals surface area contributed by atoms with Gasteiger partial charge in [-0.1, -0.05) is 17.7 Å². The number of ether oxygens (including phenoxy) is 2. The smallest absolute Gasteiger partial charge is 0.299 e. The van der Waals surface area contributed by atoms with Crippen LogP contribution in [0.3, 0.4) is 0 Å². The van der Waals surface area contributed by atoms with Crippen LogP contribution in [0.2, 0.25) is 0 Å². The first kappa shape index (κ1) is 17.1. The van der Waals surface area contributed by atoms with Crippen molar-refractivity contribution in [2.24, 2.45) is 0 Å². The van der Waals surface area contributed by atoms with Gasteiger partial charge in [0.2, 0.25) is 0 Å². The summed E-state index contributed by atoms with van der Waals surface area (Å²) in [6.45, 7) is 3.98. The lowest BCUT2D eigenvalue weighted by molar-refractivity contribution is -0.0815. The summed E-state index contributed by atoms with van der Waals surface area (Å²) in [4.78, 5) is 0.0927. The molecule has 20 heavy (non-hydrogen) atoms. The molecular weight excluding hydrogens is 284 g/mol. The Balaban J connectivity index is 2.43. The summed E-state index contributed by atoms with van der Waals surface area (Å²) in [5.74, 6) is 0. The summed E-state index contributed by atoms with van der Waals surface area (Å²) in [7, 11) is -3.83. The first-order valence-electron chi connectivity index (χ1n) is 6.26. The lowest BCUT2D eigenvalue weighted by Crippen LogP contribution is -2.21. The summed E-state index contributed by atoms with van der Waals surface area (Å²) < 4.78 is 38.9. The van der Waals surface area contributed by atoms with Crippen molar-refractivity contribution in [3.63, 3.8) is 0 Å². The van der Waals surface area contributed by atoms with Crippen LogP contribution in [0.4, 0.5) is 0 Å². The van der Waals surface area contributed by atoms with E-state index in [1.807, 2.05) is 6.92 Å². The van der Waals surface area contributed by atoms with Gasteiger partial charge in [-0.2, -0.15) is 8.42 Å². The van der Waals surface area contributed by atoms with E-state index >= 15 is 0 Å². The molecule has 1 rings (SSSR count). The van der Waals surface area contributed by atoms with E-state index in [1.54, 1.807) is 12.1 Å². The third-order valence-electron chi connectivity index (χ3n) is 2.39. The van der Waals surface area contributed by atoms with Crippen LogP contribution in [-0.2, 0) is 23.8 Å². The predicted octanol–water partition coefficient (Wildman–Crippen LogP) is 1.07. The maximum atomic E-state index is 11.9. The largest absolute Gasteiger partial charge is 0.394 e. The number of aliphatic hydroxyl groups is 1. The second-order valence-corrected chi connectivity index (χ2v) is 5.71. The van der Waals surface area contributed by atoms with Gasteiger partial charge in [-0.25, -0.2) is 4.18 Å². The quantitative estimate of drug-likeness (QED) is 0.417. The van der Waals surface area contributed by atoms with Gasteiger partial charge in [0.05, 0.1) is 31.3 Å². The van der Waals surface area contributed by atoms with Gasteiger partial charge in [-0.15, -0.1) is 0 Å². The molecule has 1 aromatic rings. The fourth-order valence-electron chi connectivity index (χ4n) is 1.41. The van der Waals surface area contributed by atoms with Gasteiger partial charge in [0.25, 0.3) is 10.1 Å². The molecule has 0 aliphatic carbocycles. The molecule has 0 aliphatic rings. The zero-order valence-electron chi connectivity index (χ0n) is 11.6. The molecule has 0 aliphatic heterocycles. The molecule has 0 bridgehead atoms. The van der Waals surface area contributed by atoms with E-state index in [9.17, 15) is 8.42 Å². The molecule has 1 unspecified atom stereocenters. The number of aryl methyl sites for hydroxylation is 1. The van der Waals surface area contributed by atoms with E-state index in [1.165, 1.54) is 19.1 Å². The predicted molar refractivity (Wildman–Crippen MR) is 72.8 cm³/mol. The Kier molecular flexibility index (Phi) is 7.11. The minimum Gasteiger partial charge on any atom is -0.394 e. The van der Waals surface area contributed by atoms with Crippen molar-refractivity contribution in [2.45, 2.75) is 25.0 Å². The average molecular weight is 304 g/mol. The summed E-state index contributed by atoms with van der Waals surface area (Å²) in [5, 5.41) is 8.50. The first-order valence-corrected chi connectivity index (χ1v) is 7.66. The summed E-state index contributed by atoms with van der Waals surface area (Å²) >= 11 is 0. The Hall–Kier alpha value is -0.990. The van der Waals surface area contributed by atoms with Crippen LogP contribution in [0, 0.1) is 6.92 Å². The van der Waals surface area contributed by atoms with E-state index < -0.39 is 16.4 Å². The standard InChI is InChI=1S/C13H20O6S/c1-11-3-5-13(6-4-11)20(15,16)19-12(2)18-10-9-17-8-7-14/h3-6,12,14H,7-10H2,1-2H3. The molecule has 0 aromatic heterocycles. The maximum Gasteiger partial charge on any atom is 0.299 e. The fraction of sp³-hybridized carbons (Fsp3) is 0.538. The Morgan fingerprint density at radius 1 is 1.15 bits per heavy atom. The zero-order chi connectivity index (χ0) is 15.0. The van der Waals surface area contributed by atoms with E-state index in [0.717, 1.165) is 5.56 Å². The number of aliphatic hydroxyl groups excluding tert-OH is 1. The molecule has 0 heterocycles. The SMILES string of the molecule is Cc1ccc(S(=O)(=O)OC(C)OCCOCCO)cc1. The Morgan fingerprint density at radius 3 is 2.40 bits per heavy atom. The zero-order valence-corrected chi connectivity index (χ0v) is 12.4. The van der Waals surface area contributed by atoms with Gasteiger partial charge >= 0.3 is 0 Å². The number of rotatable bonds is 9. The van der Waals surface area contributed by atoms with Gasteiger partial charge in [-0.05, 0) is 26.0 Å². The number of hydrogen-bond acceptors (Lipinski definition) is 6. The van der Waals surface area contributed by atoms with Crippen LogP contribution in [0.5, 0.6) is 0 Å². The van der Waals surface area contributed by atoms with Gasteiger partial charge < -0.3 is 14.6 Å². The van der Waals surface area contributed by atoms with Gasteiger partial charge in [0.15, 0.2) is 6.29 Å². The lowest BCUT2D eigenvalue weighted by atomic mass is 10.2. The topological polar surface area (TPSA) is 82.1 Å². The third-order valence-corrected chi connectivity index (χ3v) is 3.76. The molecule has 0 saturated carbocycles. The van der Waals surface area contributed by atoms with Crippen LogP contribution in [-0.4, -0.2) is 46.2 Å². The highest BCUT2D eigenvalue weighted by molar-refractivity contribution is 7.86. The second kappa shape index (κ2) is 8.33. The van der Waals surface area contributed by atoms with E-state index in [2.05, 4.69) is 0 Å². The molecule has 0 spiro atoms. The second-order valence-electron chi connectivity index (χ2n) is 4.14. The Morgan fingerprint density at radius 2 is 1.80 bits per heavy atom. The Labute approximate surface area is 119 Å². The maximum absolute atomic E-state index is 11.9. The normalized spacial score (nSPS) is 13.3. The lowest BCUT2D eigenvalue weighted by Gasteiger charge is -2.14. The molecule has 0 amide bonds. The summed E-state index contributed by atoms with van der Waals surface area (Å²) in [6, 6.07) is 6.37. The molecule has 1 N–H and O–H groups in total. The van der Waals surface area contributed by atoms with Crippen LogP contribution < -0.4 is 0 Å². The van der Waals surface area contributed by atoms with Crippen molar-refractivity contribution in [3.05, 3.63) is 29.8 Å². The van der Waals surface area contributed by atoms with Crippen LogP contribution in [0.25, 0.3) is 0 Å². The number of hydrogen-bond donors (Lipinski definition) is 1. The van der Waals surface area contributed by atoms with Crippen molar-refractivity contribution in [1.29, 1.82) is 0 Å². The molecule has 0 saturated heterocycles. The molecule has 114 valence electrons. The molecule has 0 radical (unpaired) electrons. The van der Waals surface area contributed by atoms with Crippen LogP contribution >= 0.6 is 0 Å².